The summed E-state index contributed by atoms with van der Waals surface area (Å²) in [5.74, 6) is 1.44. The number of hydrogen-bond donors (Lipinski definition) is 2. The molecule has 33 heavy (non-hydrogen) atoms. The Kier molecular flexibility index (Phi) is 7.10. The molecule has 0 saturated carbocycles. The van der Waals surface area contributed by atoms with E-state index in [0.717, 1.165) is 36.5 Å². The number of amides is 1. The zero-order valence-corrected chi connectivity index (χ0v) is 19.4. The summed E-state index contributed by atoms with van der Waals surface area (Å²) in [6.45, 7) is 3.35. The number of anilines is 1. The van der Waals surface area contributed by atoms with Crippen molar-refractivity contribution in [3.8, 4) is 17.0 Å². The molecular weight excluding hydrogens is 440 g/mol. The van der Waals surface area contributed by atoms with Gasteiger partial charge in [0.25, 0.3) is 0 Å². The SMILES string of the molecule is CCOc1ccc(S(=O)(=O)NCCC(=O)Nc2cccc(-c3cn4c(n3)CCCC4)c2)cc1. The van der Waals surface area contributed by atoms with Crippen LogP contribution in [0.4, 0.5) is 5.69 Å². The number of rotatable bonds is 9. The number of aromatic nitrogens is 2. The van der Waals surface area contributed by atoms with Crippen molar-refractivity contribution >= 4 is 21.6 Å². The zero-order valence-electron chi connectivity index (χ0n) is 18.6. The van der Waals surface area contributed by atoms with E-state index in [9.17, 15) is 13.2 Å². The normalized spacial score (nSPS) is 13.4. The Hall–Kier alpha value is -3.17. The first-order valence-electron chi connectivity index (χ1n) is 11.1. The van der Waals surface area contributed by atoms with E-state index >= 15 is 0 Å². The lowest BCUT2D eigenvalue weighted by atomic mass is 10.1. The maximum atomic E-state index is 12.4. The van der Waals surface area contributed by atoms with Gasteiger partial charge >= 0.3 is 0 Å². The number of nitrogens with zero attached hydrogens (tertiary/aromatic N) is 2. The summed E-state index contributed by atoms with van der Waals surface area (Å²) in [4.78, 5) is 17.2. The van der Waals surface area contributed by atoms with Gasteiger partial charge in [-0.15, -0.1) is 0 Å². The van der Waals surface area contributed by atoms with E-state index in [1.807, 2.05) is 31.2 Å². The molecule has 0 fully saturated rings. The van der Waals surface area contributed by atoms with Crippen molar-refractivity contribution < 1.29 is 17.9 Å². The first kappa shape index (κ1) is 23.0. The maximum absolute atomic E-state index is 12.4. The number of carbonyl (C=O) groups excluding carboxylic acids is 1. The first-order chi connectivity index (χ1) is 15.9. The van der Waals surface area contributed by atoms with Gasteiger partial charge < -0.3 is 14.6 Å². The monoisotopic (exact) mass is 468 g/mol. The van der Waals surface area contributed by atoms with E-state index in [1.165, 1.54) is 18.6 Å². The second-order valence-corrected chi connectivity index (χ2v) is 9.64. The molecule has 2 aromatic carbocycles. The summed E-state index contributed by atoms with van der Waals surface area (Å²) in [5.41, 5.74) is 2.48. The average molecular weight is 469 g/mol. The first-order valence-corrected chi connectivity index (χ1v) is 12.6. The topological polar surface area (TPSA) is 102 Å². The molecule has 0 radical (unpaired) electrons. The van der Waals surface area contributed by atoms with Gasteiger partial charge in [-0.25, -0.2) is 18.1 Å². The number of carbonyl (C=O) groups is 1. The standard InChI is InChI=1S/C24H28N4O4S/c1-2-32-20-9-11-21(12-10-20)33(30,31)25-14-13-24(29)26-19-7-5-6-18(16-19)22-17-28-15-4-3-8-23(28)27-22/h5-7,9-12,16-17,25H,2-4,8,13-15H2,1H3,(H,26,29). The van der Waals surface area contributed by atoms with Gasteiger partial charge in [-0.2, -0.15) is 0 Å². The van der Waals surface area contributed by atoms with Crippen molar-refractivity contribution in [1.82, 2.24) is 14.3 Å². The number of sulfonamides is 1. The number of hydrogen-bond acceptors (Lipinski definition) is 5. The van der Waals surface area contributed by atoms with E-state index in [2.05, 4.69) is 20.8 Å². The molecule has 1 aromatic heterocycles. The Morgan fingerprint density at radius 1 is 1.15 bits per heavy atom. The molecule has 1 amide bonds. The molecule has 8 nitrogen and oxygen atoms in total. The second kappa shape index (κ2) is 10.2. The molecule has 1 aliphatic heterocycles. The molecule has 174 valence electrons. The second-order valence-electron chi connectivity index (χ2n) is 7.87. The third-order valence-electron chi connectivity index (χ3n) is 5.44. The van der Waals surface area contributed by atoms with Crippen LogP contribution in [-0.2, 0) is 27.8 Å². The summed E-state index contributed by atoms with van der Waals surface area (Å²) in [5, 5.41) is 2.84. The smallest absolute Gasteiger partial charge is 0.240 e. The average Bonchev–Trinajstić information content (AvgIpc) is 3.24. The zero-order chi connectivity index (χ0) is 23.3. The van der Waals surface area contributed by atoms with Gasteiger partial charge in [0.1, 0.15) is 11.6 Å². The molecule has 4 rings (SSSR count). The van der Waals surface area contributed by atoms with Crippen molar-refractivity contribution in [2.75, 3.05) is 18.5 Å². The summed E-state index contributed by atoms with van der Waals surface area (Å²) in [6.07, 6.45) is 5.39. The molecule has 0 saturated heterocycles. The lowest BCUT2D eigenvalue weighted by molar-refractivity contribution is -0.116. The fourth-order valence-corrected chi connectivity index (χ4v) is 4.83. The molecule has 0 bridgehead atoms. The maximum Gasteiger partial charge on any atom is 0.240 e. The van der Waals surface area contributed by atoms with E-state index in [-0.39, 0.29) is 23.8 Å². The Bertz CT molecular complexity index is 1200. The van der Waals surface area contributed by atoms with E-state index in [4.69, 9.17) is 9.72 Å². The highest BCUT2D eigenvalue weighted by molar-refractivity contribution is 7.89. The fraction of sp³-hybridized carbons (Fsp3) is 0.333. The number of aryl methyl sites for hydroxylation is 2. The van der Waals surface area contributed by atoms with Crippen LogP contribution in [-0.4, -0.2) is 37.0 Å². The van der Waals surface area contributed by atoms with Gasteiger partial charge in [0.05, 0.1) is 17.2 Å². The van der Waals surface area contributed by atoms with E-state index in [1.54, 1.807) is 12.1 Å². The van der Waals surface area contributed by atoms with Crippen molar-refractivity contribution in [2.24, 2.45) is 0 Å². The van der Waals surface area contributed by atoms with Crippen molar-refractivity contribution in [3.63, 3.8) is 0 Å². The highest BCUT2D eigenvalue weighted by atomic mass is 32.2. The van der Waals surface area contributed by atoms with Crippen molar-refractivity contribution in [1.29, 1.82) is 0 Å². The largest absolute Gasteiger partial charge is 0.494 e. The third kappa shape index (κ3) is 5.80. The highest BCUT2D eigenvalue weighted by Gasteiger charge is 2.16. The van der Waals surface area contributed by atoms with Crippen LogP contribution >= 0.6 is 0 Å². The van der Waals surface area contributed by atoms with Crippen LogP contribution in [0.1, 0.15) is 32.0 Å². The molecule has 0 spiro atoms. The van der Waals surface area contributed by atoms with Crippen LogP contribution in [0.15, 0.2) is 59.6 Å². The Balaban J connectivity index is 1.32. The van der Waals surface area contributed by atoms with E-state index in [0.29, 0.717) is 18.0 Å². The summed E-state index contributed by atoms with van der Waals surface area (Å²) in [6, 6.07) is 13.7. The molecule has 9 heteroatoms. The van der Waals surface area contributed by atoms with Crippen LogP contribution in [0.25, 0.3) is 11.3 Å². The van der Waals surface area contributed by atoms with Crippen LogP contribution in [0, 0.1) is 0 Å². The molecular formula is C24H28N4O4S. The minimum Gasteiger partial charge on any atom is -0.494 e. The quantitative estimate of drug-likeness (QED) is 0.500. The molecule has 3 aromatic rings. The minimum atomic E-state index is -3.70. The number of benzene rings is 2. The van der Waals surface area contributed by atoms with Gasteiger partial charge in [0.2, 0.25) is 15.9 Å². The Morgan fingerprint density at radius 2 is 1.97 bits per heavy atom. The molecule has 2 heterocycles. The number of imidazole rings is 1. The summed E-state index contributed by atoms with van der Waals surface area (Å²) < 4.78 is 34.9. The number of fused-ring (bicyclic) bond motifs is 1. The number of nitrogens with one attached hydrogen (secondary N) is 2. The predicted octanol–water partition coefficient (Wildman–Crippen LogP) is 3.59. The lowest BCUT2D eigenvalue weighted by Crippen LogP contribution is -2.27. The van der Waals surface area contributed by atoms with E-state index < -0.39 is 10.0 Å². The summed E-state index contributed by atoms with van der Waals surface area (Å²) in [7, 11) is -3.70. The molecule has 1 aliphatic rings. The highest BCUT2D eigenvalue weighted by Crippen LogP contribution is 2.25. The van der Waals surface area contributed by atoms with Gasteiger partial charge in [0.15, 0.2) is 0 Å². The van der Waals surface area contributed by atoms with Crippen molar-refractivity contribution in [3.05, 3.63) is 60.6 Å². The summed E-state index contributed by atoms with van der Waals surface area (Å²) >= 11 is 0. The lowest BCUT2D eigenvalue weighted by Gasteiger charge is -2.11. The fourth-order valence-electron chi connectivity index (χ4n) is 3.80. The molecule has 0 aliphatic carbocycles. The van der Waals surface area contributed by atoms with Gasteiger partial charge in [0, 0.05) is 43.4 Å². The molecule has 0 atom stereocenters. The molecule has 0 unspecified atom stereocenters. The van der Waals surface area contributed by atoms with Crippen molar-refractivity contribution in [2.45, 2.75) is 44.0 Å². The number of ether oxygens (including phenoxy) is 1. The Morgan fingerprint density at radius 3 is 2.73 bits per heavy atom. The van der Waals surface area contributed by atoms with Gasteiger partial charge in [-0.05, 0) is 56.2 Å². The van der Waals surface area contributed by atoms with Crippen LogP contribution in [0.3, 0.4) is 0 Å². The Labute approximate surface area is 194 Å². The van der Waals surface area contributed by atoms with Gasteiger partial charge in [-0.1, -0.05) is 12.1 Å². The third-order valence-corrected chi connectivity index (χ3v) is 6.92. The van der Waals surface area contributed by atoms with Gasteiger partial charge in [-0.3, -0.25) is 4.79 Å². The minimum absolute atomic E-state index is 0.00512. The van der Waals surface area contributed by atoms with Crippen LogP contribution < -0.4 is 14.8 Å². The predicted molar refractivity (Wildman–Crippen MR) is 127 cm³/mol. The van der Waals surface area contributed by atoms with Crippen LogP contribution in [0.5, 0.6) is 5.75 Å². The van der Waals surface area contributed by atoms with Crippen LogP contribution in [0.2, 0.25) is 0 Å². The molecule has 2 N–H and O–H groups in total.